The average Bonchev–Trinajstić information content (AvgIpc) is 2.82. The van der Waals surface area contributed by atoms with Crippen molar-refractivity contribution in [3.8, 4) is 0 Å². The van der Waals surface area contributed by atoms with Crippen LogP contribution in [-0.4, -0.2) is 51.8 Å². The quantitative estimate of drug-likeness (QED) is 0.814. The van der Waals surface area contributed by atoms with E-state index >= 15 is 0 Å². The molecule has 0 bridgehead atoms. The minimum atomic E-state index is -4.43. The molecule has 0 saturated carbocycles. The van der Waals surface area contributed by atoms with Crippen LogP contribution in [0.25, 0.3) is 0 Å². The lowest BCUT2D eigenvalue weighted by Crippen LogP contribution is -2.36. The largest absolute Gasteiger partial charge is 0.416 e. The van der Waals surface area contributed by atoms with Gasteiger partial charge in [-0.1, -0.05) is 0 Å². The maximum Gasteiger partial charge on any atom is 0.416 e. The van der Waals surface area contributed by atoms with Crippen LogP contribution in [0.3, 0.4) is 0 Å². The van der Waals surface area contributed by atoms with E-state index in [4.69, 9.17) is 0 Å². The Bertz CT molecular complexity index is 915. The minimum absolute atomic E-state index is 0.156. The summed E-state index contributed by atoms with van der Waals surface area (Å²) in [4.78, 5) is 26.9. The normalized spacial score (nSPS) is 17.1. The molecule has 0 fully saturated rings. The number of carbonyl (C=O) groups is 1. The number of nitrogens with zero attached hydrogens (tertiary/aromatic N) is 4. The SMILES string of the molecule is CN(C)CCn1nc2n(c1=O)CCC(NC(=O)c1ccc(C(F)(F)F)cc1)CC2. The van der Waals surface area contributed by atoms with Crippen LogP contribution in [0.2, 0.25) is 0 Å². The molecule has 0 spiro atoms. The molecule has 1 aliphatic rings. The number of carbonyl (C=O) groups excluding carboxylic acids is 1. The molecule has 10 heteroatoms. The predicted octanol–water partition coefficient (Wildman–Crippen LogP) is 1.76. The van der Waals surface area contributed by atoms with Crippen LogP contribution in [0, 0.1) is 0 Å². The Hall–Kier alpha value is -2.62. The number of hydrogen-bond acceptors (Lipinski definition) is 4. The molecule has 1 amide bonds. The van der Waals surface area contributed by atoms with Crippen molar-refractivity contribution in [2.45, 2.75) is 44.6 Å². The van der Waals surface area contributed by atoms with Crippen LogP contribution in [0.5, 0.6) is 0 Å². The molecule has 2 heterocycles. The second-order valence-corrected chi connectivity index (χ2v) is 7.45. The third-order valence-electron chi connectivity index (χ3n) is 4.99. The molecule has 1 unspecified atom stereocenters. The Kier molecular flexibility index (Phi) is 6.11. The third kappa shape index (κ3) is 5.06. The highest BCUT2D eigenvalue weighted by molar-refractivity contribution is 5.94. The number of benzene rings is 1. The topological polar surface area (TPSA) is 72.2 Å². The van der Waals surface area contributed by atoms with Gasteiger partial charge in [-0.25, -0.2) is 9.48 Å². The Morgan fingerprint density at radius 2 is 1.93 bits per heavy atom. The van der Waals surface area contributed by atoms with Gasteiger partial charge in [0.15, 0.2) is 0 Å². The molecule has 1 aliphatic heterocycles. The maximum absolute atomic E-state index is 12.6. The van der Waals surface area contributed by atoms with Crippen molar-refractivity contribution in [1.82, 2.24) is 24.6 Å². The van der Waals surface area contributed by atoms with E-state index in [9.17, 15) is 22.8 Å². The van der Waals surface area contributed by atoms with Gasteiger partial charge in [-0.2, -0.15) is 18.3 Å². The number of aryl methyl sites for hydroxylation is 1. The van der Waals surface area contributed by atoms with Crippen molar-refractivity contribution in [3.05, 3.63) is 51.7 Å². The molecule has 0 radical (unpaired) electrons. The third-order valence-corrected chi connectivity index (χ3v) is 4.99. The summed E-state index contributed by atoms with van der Waals surface area (Å²) in [6.45, 7) is 1.66. The van der Waals surface area contributed by atoms with Gasteiger partial charge in [0, 0.05) is 31.1 Å². The molecule has 7 nitrogen and oxygen atoms in total. The fourth-order valence-electron chi connectivity index (χ4n) is 3.29. The van der Waals surface area contributed by atoms with Gasteiger partial charge in [0.25, 0.3) is 5.91 Å². The average molecular weight is 411 g/mol. The summed E-state index contributed by atoms with van der Waals surface area (Å²) in [6.07, 6.45) is -2.73. The van der Waals surface area contributed by atoms with E-state index in [1.165, 1.54) is 16.8 Å². The first kappa shape index (κ1) is 21.1. The molecule has 0 saturated heterocycles. The molecule has 0 aliphatic carbocycles. The lowest BCUT2D eigenvalue weighted by atomic mass is 10.1. The summed E-state index contributed by atoms with van der Waals surface area (Å²) in [7, 11) is 3.85. The second kappa shape index (κ2) is 8.40. The summed E-state index contributed by atoms with van der Waals surface area (Å²) < 4.78 is 41.1. The number of fused-ring (bicyclic) bond motifs is 1. The Labute approximate surface area is 166 Å². The summed E-state index contributed by atoms with van der Waals surface area (Å²) in [5.74, 6) is 0.270. The lowest BCUT2D eigenvalue weighted by Gasteiger charge is -2.16. The summed E-state index contributed by atoms with van der Waals surface area (Å²) >= 11 is 0. The highest BCUT2D eigenvalue weighted by Crippen LogP contribution is 2.29. The fourth-order valence-corrected chi connectivity index (χ4v) is 3.29. The molecule has 1 atom stereocenters. The van der Waals surface area contributed by atoms with E-state index in [2.05, 4.69) is 10.4 Å². The predicted molar refractivity (Wildman–Crippen MR) is 101 cm³/mol. The number of likely N-dealkylation sites (N-methyl/N-ethyl adjacent to an activating group) is 1. The summed E-state index contributed by atoms with van der Waals surface area (Å²) in [5.41, 5.74) is -0.776. The van der Waals surface area contributed by atoms with E-state index in [1.807, 2.05) is 19.0 Å². The van der Waals surface area contributed by atoms with Gasteiger partial charge in [0.05, 0.1) is 12.1 Å². The Morgan fingerprint density at radius 3 is 2.55 bits per heavy atom. The van der Waals surface area contributed by atoms with E-state index < -0.39 is 17.6 Å². The number of halogens is 3. The van der Waals surface area contributed by atoms with Crippen molar-refractivity contribution in [1.29, 1.82) is 0 Å². The first-order valence-corrected chi connectivity index (χ1v) is 9.44. The van der Waals surface area contributed by atoms with Gasteiger partial charge in [-0.05, 0) is 51.2 Å². The number of aromatic nitrogens is 3. The molecular weight excluding hydrogens is 387 g/mol. The number of alkyl halides is 3. The van der Waals surface area contributed by atoms with Crippen molar-refractivity contribution in [3.63, 3.8) is 0 Å². The number of amides is 1. The standard InChI is InChI=1S/C19H24F3N5O2/c1-25(2)11-12-27-18(29)26-10-9-15(7-8-16(26)24-27)23-17(28)13-3-5-14(6-4-13)19(20,21)22/h3-6,15H,7-12H2,1-2H3,(H,23,28). The Balaban J connectivity index is 1.61. The van der Waals surface area contributed by atoms with Crippen LogP contribution in [-0.2, 0) is 25.7 Å². The van der Waals surface area contributed by atoms with Gasteiger partial charge >= 0.3 is 11.9 Å². The van der Waals surface area contributed by atoms with Gasteiger partial charge in [0.1, 0.15) is 5.82 Å². The van der Waals surface area contributed by atoms with Crippen LogP contribution in [0.4, 0.5) is 13.2 Å². The molecule has 29 heavy (non-hydrogen) atoms. The van der Waals surface area contributed by atoms with Crippen molar-refractivity contribution >= 4 is 5.91 Å². The molecule has 1 aromatic heterocycles. The monoisotopic (exact) mass is 411 g/mol. The molecule has 3 rings (SSSR count). The second-order valence-electron chi connectivity index (χ2n) is 7.45. The number of hydrogen-bond donors (Lipinski definition) is 1. The van der Waals surface area contributed by atoms with Crippen molar-refractivity contribution < 1.29 is 18.0 Å². The van der Waals surface area contributed by atoms with E-state index in [-0.39, 0.29) is 17.3 Å². The zero-order valence-electron chi connectivity index (χ0n) is 16.4. The summed E-state index contributed by atoms with van der Waals surface area (Å²) in [6, 6.07) is 3.95. The van der Waals surface area contributed by atoms with E-state index in [1.54, 1.807) is 4.57 Å². The summed E-state index contributed by atoms with van der Waals surface area (Å²) in [5, 5.41) is 7.26. The molecule has 1 N–H and O–H groups in total. The van der Waals surface area contributed by atoms with Crippen molar-refractivity contribution in [2.75, 3.05) is 20.6 Å². The minimum Gasteiger partial charge on any atom is -0.349 e. The first-order valence-electron chi connectivity index (χ1n) is 9.44. The molecular formula is C19H24F3N5O2. The fraction of sp³-hybridized carbons (Fsp3) is 0.526. The highest BCUT2D eigenvalue weighted by Gasteiger charge is 2.30. The number of nitrogens with one attached hydrogen (secondary N) is 1. The van der Waals surface area contributed by atoms with Crippen LogP contribution in [0.1, 0.15) is 34.6 Å². The van der Waals surface area contributed by atoms with Crippen LogP contribution < -0.4 is 11.0 Å². The van der Waals surface area contributed by atoms with Gasteiger partial charge in [-0.3, -0.25) is 9.36 Å². The lowest BCUT2D eigenvalue weighted by molar-refractivity contribution is -0.137. The van der Waals surface area contributed by atoms with Gasteiger partial charge in [0.2, 0.25) is 0 Å². The smallest absolute Gasteiger partial charge is 0.349 e. The first-order chi connectivity index (χ1) is 13.6. The Morgan fingerprint density at radius 1 is 1.24 bits per heavy atom. The van der Waals surface area contributed by atoms with E-state index in [0.29, 0.717) is 44.7 Å². The van der Waals surface area contributed by atoms with E-state index in [0.717, 1.165) is 12.1 Å². The molecule has 158 valence electrons. The molecule has 1 aromatic carbocycles. The zero-order valence-corrected chi connectivity index (χ0v) is 16.4. The number of rotatable bonds is 5. The van der Waals surface area contributed by atoms with Crippen LogP contribution >= 0.6 is 0 Å². The van der Waals surface area contributed by atoms with Gasteiger partial charge in [-0.15, -0.1) is 0 Å². The van der Waals surface area contributed by atoms with Crippen LogP contribution in [0.15, 0.2) is 29.1 Å². The zero-order chi connectivity index (χ0) is 21.2. The maximum atomic E-state index is 12.6. The highest BCUT2D eigenvalue weighted by atomic mass is 19.4. The van der Waals surface area contributed by atoms with Crippen molar-refractivity contribution in [2.24, 2.45) is 0 Å². The van der Waals surface area contributed by atoms with Gasteiger partial charge < -0.3 is 10.2 Å². The molecule has 2 aromatic rings.